The number of aromatic nitrogens is 2. The Morgan fingerprint density at radius 2 is 2.06 bits per heavy atom. The van der Waals surface area contributed by atoms with Gasteiger partial charge in [-0.3, -0.25) is 4.98 Å². The number of hydrogen-bond donors (Lipinski definition) is 0. The zero-order valence-electron chi connectivity index (χ0n) is 11.5. The maximum absolute atomic E-state index is 4.77. The number of aryl methyl sites for hydroxylation is 1. The Kier molecular flexibility index (Phi) is 3.81. The predicted molar refractivity (Wildman–Crippen MR) is 78.0 cm³/mol. The van der Waals surface area contributed by atoms with E-state index in [9.17, 15) is 0 Å². The summed E-state index contributed by atoms with van der Waals surface area (Å²) >= 11 is 1.72. The van der Waals surface area contributed by atoms with Crippen LogP contribution in [0.5, 0.6) is 0 Å². The smallest absolute Gasteiger partial charge is 0.125 e. The van der Waals surface area contributed by atoms with E-state index in [0.717, 1.165) is 23.5 Å². The number of thiazole rings is 1. The molecule has 0 bridgehead atoms. The van der Waals surface area contributed by atoms with Crippen molar-refractivity contribution >= 4 is 11.3 Å². The van der Waals surface area contributed by atoms with Crippen LogP contribution in [-0.4, -0.2) is 9.97 Å². The lowest BCUT2D eigenvalue weighted by molar-refractivity contribution is 0.573. The predicted octanol–water partition coefficient (Wildman–Crippen LogP) is 4.46. The van der Waals surface area contributed by atoms with Crippen molar-refractivity contribution in [1.82, 2.24) is 9.97 Å². The van der Waals surface area contributed by atoms with E-state index in [1.807, 2.05) is 12.4 Å². The van der Waals surface area contributed by atoms with Crippen LogP contribution in [0.15, 0.2) is 23.8 Å². The van der Waals surface area contributed by atoms with Gasteiger partial charge in [-0.15, -0.1) is 11.3 Å². The summed E-state index contributed by atoms with van der Waals surface area (Å²) in [6, 6.07) is 2.11. The van der Waals surface area contributed by atoms with Gasteiger partial charge in [-0.25, -0.2) is 4.98 Å². The first kappa shape index (κ1) is 13.2. The molecule has 0 saturated carbocycles. The van der Waals surface area contributed by atoms with Gasteiger partial charge in [0, 0.05) is 28.8 Å². The highest BCUT2D eigenvalue weighted by Gasteiger charge is 2.18. The van der Waals surface area contributed by atoms with Crippen molar-refractivity contribution in [3.63, 3.8) is 0 Å². The molecule has 2 aromatic heterocycles. The van der Waals surface area contributed by atoms with Gasteiger partial charge < -0.3 is 0 Å². The van der Waals surface area contributed by atoms with E-state index in [1.165, 1.54) is 11.1 Å². The van der Waals surface area contributed by atoms with Crippen LogP contribution in [0.25, 0.3) is 10.6 Å². The third-order valence-corrected chi connectivity index (χ3v) is 3.81. The first-order chi connectivity index (χ1) is 8.52. The van der Waals surface area contributed by atoms with E-state index in [4.69, 9.17) is 4.98 Å². The van der Waals surface area contributed by atoms with Crippen molar-refractivity contribution in [1.29, 1.82) is 0 Å². The van der Waals surface area contributed by atoms with E-state index in [2.05, 4.69) is 44.1 Å². The van der Waals surface area contributed by atoms with E-state index < -0.39 is 0 Å². The molecule has 0 aliphatic heterocycles. The Morgan fingerprint density at radius 1 is 1.28 bits per heavy atom. The summed E-state index contributed by atoms with van der Waals surface area (Å²) in [6.07, 6.45) is 6.04. The number of pyridine rings is 1. The molecule has 2 rings (SSSR count). The average molecular weight is 260 g/mol. The summed E-state index contributed by atoms with van der Waals surface area (Å²) in [4.78, 5) is 9.02. The molecule has 2 aromatic rings. The minimum atomic E-state index is 0.113. The lowest BCUT2D eigenvalue weighted by Crippen LogP contribution is -2.11. The highest BCUT2D eigenvalue weighted by atomic mass is 32.1. The van der Waals surface area contributed by atoms with Crippen molar-refractivity contribution in [2.75, 3.05) is 0 Å². The monoisotopic (exact) mass is 260 g/mol. The summed E-state index contributed by atoms with van der Waals surface area (Å²) in [6.45, 7) is 8.79. The van der Waals surface area contributed by atoms with Crippen molar-refractivity contribution in [2.24, 2.45) is 0 Å². The molecule has 0 spiro atoms. The fraction of sp³-hybridized carbons (Fsp3) is 0.467. The Hall–Kier alpha value is -1.22. The Morgan fingerprint density at radius 3 is 2.67 bits per heavy atom. The Balaban J connectivity index is 2.40. The van der Waals surface area contributed by atoms with Crippen molar-refractivity contribution in [2.45, 2.75) is 46.0 Å². The molecule has 0 atom stereocenters. The molecule has 2 heterocycles. The minimum absolute atomic E-state index is 0.113. The van der Waals surface area contributed by atoms with Crippen LogP contribution in [0.3, 0.4) is 0 Å². The molecule has 0 aliphatic carbocycles. The van der Waals surface area contributed by atoms with Crippen LogP contribution in [0.4, 0.5) is 0 Å². The molecule has 0 saturated heterocycles. The summed E-state index contributed by atoms with van der Waals surface area (Å²) in [5, 5.41) is 3.26. The zero-order chi connectivity index (χ0) is 13.2. The molecule has 0 unspecified atom stereocenters. The van der Waals surface area contributed by atoms with Crippen LogP contribution in [-0.2, 0) is 11.8 Å². The first-order valence-corrected chi connectivity index (χ1v) is 7.29. The van der Waals surface area contributed by atoms with Gasteiger partial charge in [0.15, 0.2) is 0 Å². The fourth-order valence-corrected chi connectivity index (χ4v) is 2.94. The molecule has 2 nitrogen and oxygen atoms in total. The second kappa shape index (κ2) is 5.19. The van der Waals surface area contributed by atoms with Gasteiger partial charge in [-0.05, 0) is 18.1 Å². The molecule has 96 valence electrons. The Bertz CT molecular complexity index is 523. The van der Waals surface area contributed by atoms with E-state index >= 15 is 0 Å². The summed E-state index contributed by atoms with van der Waals surface area (Å²) in [5.41, 5.74) is 3.82. The maximum Gasteiger partial charge on any atom is 0.125 e. The molecule has 3 heteroatoms. The van der Waals surface area contributed by atoms with Gasteiger partial charge in [-0.1, -0.05) is 34.1 Å². The number of hydrogen-bond acceptors (Lipinski definition) is 3. The molecular weight excluding hydrogens is 240 g/mol. The van der Waals surface area contributed by atoms with Crippen LogP contribution in [0, 0.1) is 0 Å². The van der Waals surface area contributed by atoms with Crippen molar-refractivity contribution < 1.29 is 0 Å². The minimum Gasteiger partial charge on any atom is -0.264 e. The highest BCUT2D eigenvalue weighted by molar-refractivity contribution is 7.13. The SMILES string of the molecule is CCCc1ccncc1-c1nc(C(C)(C)C)cs1. The molecule has 0 N–H and O–H groups in total. The summed E-state index contributed by atoms with van der Waals surface area (Å²) < 4.78 is 0. The molecule has 0 amide bonds. The van der Waals surface area contributed by atoms with Crippen molar-refractivity contribution in [3.05, 3.63) is 35.1 Å². The molecule has 0 radical (unpaired) electrons. The van der Waals surface area contributed by atoms with Crippen molar-refractivity contribution in [3.8, 4) is 10.6 Å². The standard InChI is InChI=1S/C15H20N2S/c1-5-6-11-7-8-16-9-12(11)14-17-13(10-18-14)15(2,3)4/h7-10H,5-6H2,1-4H3. The second-order valence-corrected chi connectivity index (χ2v) is 6.43. The van der Waals surface area contributed by atoms with Gasteiger partial charge in [0.05, 0.1) is 5.69 Å². The van der Waals surface area contributed by atoms with E-state index in [0.29, 0.717) is 0 Å². The summed E-state index contributed by atoms with van der Waals surface area (Å²) in [7, 11) is 0. The molecule has 18 heavy (non-hydrogen) atoms. The van der Waals surface area contributed by atoms with Gasteiger partial charge >= 0.3 is 0 Å². The van der Waals surface area contributed by atoms with E-state index in [-0.39, 0.29) is 5.41 Å². The summed E-state index contributed by atoms with van der Waals surface area (Å²) in [5.74, 6) is 0. The third kappa shape index (κ3) is 2.78. The van der Waals surface area contributed by atoms with Crippen LogP contribution < -0.4 is 0 Å². The Labute approximate surface area is 113 Å². The molecule has 0 aliphatic rings. The van der Waals surface area contributed by atoms with Crippen LogP contribution in [0.2, 0.25) is 0 Å². The fourth-order valence-electron chi connectivity index (χ4n) is 1.85. The zero-order valence-corrected chi connectivity index (χ0v) is 12.3. The highest BCUT2D eigenvalue weighted by Crippen LogP contribution is 2.31. The first-order valence-electron chi connectivity index (χ1n) is 6.41. The lowest BCUT2D eigenvalue weighted by atomic mass is 9.93. The number of nitrogens with zero attached hydrogens (tertiary/aromatic N) is 2. The second-order valence-electron chi connectivity index (χ2n) is 5.57. The molecule has 0 fully saturated rings. The maximum atomic E-state index is 4.77. The van der Waals surface area contributed by atoms with Gasteiger partial charge in [0.1, 0.15) is 5.01 Å². The third-order valence-electron chi connectivity index (χ3n) is 2.93. The van der Waals surface area contributed by atoms with Gasteiger partial charge in [0.25, 0.3) is 0 Å². The normalized spacial score (nSPS) is 11.8. The molecular formula is C15H20N2S. The van der Waals surface area contributed by atoms with Crippen LogP contribution >= 0.6 is 11.3 Å². The lowest BCUT2D eigenvalue weighted by Gasteiger charge is -2.14. The van der Waals surface area contributed by atoms with E-state index in [1.54, 1.807) is 11.3 Å². The van der Waals surface area contributed by atoms with Gasteiger partial charge in [-0.2, -0.15) is 0 Å². The quantitative estimate of drug-likeness (QED) is 0.814. The topological polar surface area (TPSA) is 25.8 Å². The van der Waals surface area contributed by atoms with Crippen LogP contribution in [0.1, 0.15) is 45.4 Å². The largest absolute Gasteiger partial charge is 0.264 e. The average Bonchev–Trinajstić information content (AvgIpc) is 2.79. The molecule has 0 aromatic carbocycles. The van der Waals surface area contributed by atoms with Gasteiger partial charge in [0.2, 0.25) is 0 Å². The number of rotatable bonds is 3.